The topological polar surface area (TPSA) is 18.5 Å². The highest BCUT2D eigenvalue weighted by Gasteiger charge is 2.33. The first kappa shape index (κ1) is 16.6. The maximum absolute atomic E-state index is 6.80. The van der Waals surface area contributed by atoms with Crippen molar-refractivity contribution >= 4 is 46.3 Å². The van der Waals surface area contributed by atoms with E-state index in [1.165, 1.54) is 10.4 Å². The van der Waals surface area contributed by atoms with E-state index in [-0.39, 0.29) is 0 Å². The molecule has 0 bridgehead atoms. The lowest BCUT2D eigenvalue weighted by Gasteiger charge is -2.32. The third kappa shape index (κ3) is 4.35. The maximum Gasteiger partial charge on any atom is 0.209 e. The largest absolute Gasteiger partial charge is 0.466 e. The molecule has 0 spiro atoms. The summed E-state index contributed by atoms with van der Waals surface area (Å²) in [5.41, 5.74) is 0. The van der Waals surface area contributed by atoms with Gasteiger partial charge in [-0.15, -0.1) is 0 Å². The van der Waals surface area contributed by atoms with E-state index < -0.39 is 25.4 Å². The van der Waals surface area contributed by atoms with Gasteiger partial charge in [-0.05, 0) is 30.0 Å². The molecule has 0 fully saturated rings. The monoisotopic (exact) mass is 348 g/mol. The predicted molar refractivity (Wildman–Crippen MR) is 102 cm³/mol. The van der Waals surface area contributed by atoms with Crippen molar-refractivity contribution in [2.75, 3.05) is 0 Å². The molecule has 2 atom stereocenters. The summed E-state index contributed by atoms with van der Waals surface area (Å²) in [5.74, 6) is 0. The van der Waals surface area contributed by atoms with Crippen molar-refractivity contribution in [3.05, 3.63) is 60.7 Å². The summed E-state index contributed by atoms with van der Waals surface area (Å²) in [4.78, 5) is 0. The van der Waals surface area contributed by atoms with Gasteiger partial charge in [0.2, 0.25) is 16.9 Å². The van der Waals surface area contributed by atoms with Crippen molar-refractivity contribution in [1.82, 2.24) is 0 Å². The Morgan fingerprint density at radius 2 is 1.43 bits per heavy atom. The summed E-state index contributed by atoms with van der Waals surface area (Å²) in [6.45, 7) is 6.91. The van der Waals surface area contributed by atoms with E-state index in [2.05, 4.69) is 80.3 Å². The molecule has 2 nitrogen and oxygen atoms in total. The zero-order valence-corrected chi connectivity index (χ0v) is 18.6. The molecule has 2 aromatic carbocycles. The Labute approximate surface area is 135 Å². The van der Waals surface area contributed by atoms with Gasteiger partial charge in [-0.25, -0.2) is 0 Å². The highest BCUT2D eigenvalue weighted by atomic mass is 29.2. The van der Waals surface area contributed by atoms with Crippen LogP contribution in [0, 0.1) is 0 Å². The van der Waals surface area contributed by atoms with E-state index in [9.17, 15) is 0 Å². The van der Waals surface area contributed by atoms with Crippen molar-refractivity contribution in [1.29, 1.82) is 0 Å². The van der Waals surface area contributed by atoms with Gasteiger partial charge in [0, 0.05) is 0 Å². The van der Waals surface area contributed by atoms with Gasteiger partial charge in [0.1, 0.15) is 10.5 Å². The molecule has 0 aliphatic carbocycles. The molecule has 21 heavy (non-hydrogen) atoms. The lowest BCUT2D eigenvalue weighted by Crippen LogP contribution is -2.58. The molecule has 0 heterocycles. The highest BCUT2D eigenvalue weighted by molar-refractivity contribution is 7.24. The molecule has 0 aliphatic heterocycles. The zero-order chi connectivity index (χ0) is 15.3. The maximum atomic E-state index is 6.80. The molecule has 0 N–H and O–H groups in total. The van der Waals surface area contributed by atoms with E-state index in [1.807, 2.05) is 0 Å². The summed E-state index contributed by atoms with van der Waals surface area (Å²) >= 11 is 0. The Morgan fingerprint density at radius 3 is 1.95 bits per heavy atom. The molecular weight excluding hydrogens is 325 g/mol. The number of benzene rings is 2. The van der Waals surface area contributed by atoms with Gasteiger partial charge in [-0.3, -0.25) is 0 Å². The quantitative estimate of drug-likeness (QED) is 0.707. The normalized spacial score (nSPS) is 14.8. The smallest absolute Gasteiger partial charge is 0.209 e. The van der Waals surface area contributed by atoms with Crippen LogP contribution in [0.25, 0.3) is 0 Å². The van der Waals surface area contributed by atoms with Crippen LogP contribution in [0.5, 0.6) is 0 Å². The lowest BCUT2D eigenvalue weighted by atomic mass is 10.4. The average molecular weight is 349 g/mol. The van der Waals surface area contributed by atoms with E-state index in [0.717, 1.165) is 10.5 Å². The second-order valence-electron chi connectivity index (χ2n) is 5.77. The van der Waals surface area contributed by atoms with Crippen LogP contribution in [0.15, 0.2) is 60.7 Å². The molecule has 0 saturated heterocycles. The van der Waals surface area contributed by atoms with E-state index in [0.29, 0.717) is 0 Å². The SMILES string of the molecule is C[SiH](O[SiH3])[SiH](O[Si](C)(C)c1ccccc1)c1ccccc1. The third-order valence-corrected chi connectivity index (χ3v) is 21.2. The molecule has 112 valence electrons. The van der Waals surface area contributed by atoms with Crippen LogP contribution in [0.3, 0.4) is 0 Å². The van der Waals surface area contributed by atoms with Gasteiger partial charge >= 0.3 is 0 Å². The van der Waals surface area contributed by atoms with Gasteiger partial charge in [0.25, 0.3) is 0 Å². The first-order chi connectivity index (χ1) is 10.0. The van der Waals surface area contributed by atoms with Gasteiger partial charge < -0.3 is 8.23 Å². The fraction of sp³-hybridized carbons (Fsp3) is 0.200. The zero-order valence-electron chi connectivity index (χ0n) is 13.2. The van der Waals surface area contributed by atoms with E-state index in [4.69, 9.17) is 8.23 Å². The Morgan fingerprint density at radius 1 is 0.905 bits per heavy atom. The van der Waals surface area contributed by atoms with Crippen LogP contribution in [-0.4, -0.2) is 35.9 Å². The minimum absolute atomic E-state index is 0.815. The van der Waals surface area contributed by atoms with Crippen molar-refractivity contribution in [3.8, 4) is 0 Å². The van der Waals surface area contributed by atoms with Crippen LogP contribution < -0.4 is 10.4 Å². The summed E-state index contributed by atoms with van der Waals surface area (Å²) in [6.07, 6.45) is 0. The second kappa shape index (κ2) is 7.48. The lowest BCUT2D eigenvalue weighted by molar-refractivity contribution is 0.585. The molecule has 0 aliphatic rings. The molecule has 0 saturated carbocycles. The van der Waals surface area contributed by atoms with Crippen LogP contribution in [0.4, 0.5) is 0 Å². The fourth-order valence-corrected chi connectivity index (χ4v) is 19.3. The van der Waals surface area contributed by atoms with Gasteiger partial charge in [0.15, 0.2) is 8.56 Å². The minimum atomic E-state index is -1.87. The fourth-order valence-electron chi connectivity index (χ4n) is 2.43. The molecule has 2 aromatic rings. The molecule has 0 amide bonds. The van der Waals surface area contributed by atoms with Crippen LogP contribution in [0.1, 0.15) is 0 Å². The Balaban J connectivity index is 2.27. The molecule has 2 unspecified atom stereocenters. The molecule has 0 radical (unpaired) electrons. The average Bonchev–Trinajstić information content (AvgIpc) is 2.53. The second-order valence-corrected chi connectivity index (χ2v) is 19.7. The number of hydrogen-bond acceptors (Lipinski definition) is 2. The Bertz CT molecular complexity index is 548. The predicted octanol–water partition coefficient (Wildman–Crippen LogP) is 0.475. The van der Waals surface area contributed by atoms with Gasteiger partial charge in [-0.1, -0.05) is 60.7 Å². The van der Waals surface area contributed by atoms with E-state index >= 15 is 0 Å². The van der Waals surface area contributed by atoms with Crippen molar-refractivity contribution in [2.24, 2.45) is 0 Å². The summed E-state index contributed by atoms with van der Waals surface area (Å²) in [6, 6.07) is 21.4. The summed E-state index contributed by atoms with van der Waals surface area (Å²) in [7, 11) is -3.76. The van der Waals surface area contributed by atoms with Crippen molar-refractivity contribution in [3.63, 3.8) is 0 Å². The third-order valence-electron chi connectivity index (χ3n) is 3.82. The van der Waals surface area contributed by atoms with E-state index in [1.54, 1.807) is 0 Å². The molecule has 2 rings (SSSR count). The van der Waals surface area contributed by atoms with Crippen molar-refractivity contribution in [2.45, 2.75) is 19.6 Å². The molecule has 0 aromatic heterocycles. The first-order valence-corrected chi connectivity index (χ1v) is 16.4. The summed E-state index contributed by atoms with van der Waals surface area (Å²) in [5, 5.41) is 2.76. The van der Waals surface area contributed by atoms with Crippen LogP contribution in [0.2, 0.25) is 19.6 Å². The first-order valence-electron chi connectivity index (χ1n) is 7.35. The van der Waals surface area contributed by atoms with Crippen molar-refractivity contribution < 1.29 is 8.23 Å². The standard InChI is InChI=1S/C15H24O2Si4/c1-19(16-18)20(14-10-6-4-7-11-14)17-21(2,3)15-12-8-5-9-13-15/h4-13,19-20H,1-3,18H3. The summed E-state index contributed by atoms with van der Waals surface area (Å²) < 4.78 is 12.7. The number of rotatable bonds is 6. The molecular formula is C15H24O2Si4. The molecule has 6 heteroatoms. The minimum Gasteiger partial charge on any atom is -0.466 e. The Kier molecular flexibility index (Phi) is 5.91. The van der Waals surface area contributed by atoms with Crippen LogP contribution >= 0.6 is 0 Å². The number of hydrogen-bond donors (Lipinski definition) is 0. The van der Waals surface area contributed by atoms with Crippen LogP contribution in [-0.2, 0) is 8.23 Å². The highest BCUT2D eigenvalue weighted by Crippen LogP contribution is 2.10. The van der Waals surface area contributed by atoms with Gasteiger partial charge in [0.05, 0.1) is 0 Å². The van der Waals surface area contributed by atoms with Gasteiger partial charge in [-0.2, -0.15) is 0 Å². The Hall–Kier alpha value is -0.772.